The second-order valence-electron chi connectivity index (χ2n) is 7.25. The highest BCUT2D eigenvalue weighted by Crippen LogP contribution is 2.33. The fourth-order valence-corrected chi connectivity index (χ4v) is 5.30. The normalized spacial score (nSPS) is 22.8. The molecule has 1 aromatic rings. The smallest absolute Gasteiger partial charge is 0.193 e. The van der Waals surface area contributed by atoms with Gasteiger partial charge in [0, 0.05) is 50.0 Å². The SMILES string of the molecule is CN=C(NCC1(N2CCOCC2)CCSC1)N(C)CCOc1ccc(Cl)cc1.I. The Labute approximate surface area is 200 Å². The van der Waals surface area contributed by atoms with Gasteiger partial charge in [-0.05, 0) is 36.4 Å². The van der Waals surface area contributed by atoms with Crippen LogP contribution in [0.2, 0.25) is 5.02 Å². The highest BCUT2D eigenvalue weighted by molar-refractivity contribution is 14.0. The van der Waals surface area contributed by atoms with Gasteiger partial charge >= 0.3 is 0 Å². The Bertz CT molecular complexity index is 638. The van der Waals surface area contributed by atoms with Crippen LogP contribution in [0.5, 0.6) is 5.75 Å². The van der Waals surface area contributed by atoms with Crippen LogP contribution in [0.3, 0.4) is 0 Å². The lowest BCUT2D eigenvalue weighted by Crippen LogP contribution is -2.60. The highest BCUT2D eigenvalue weighted by Gasteiger charge is 2.40. The van der Waals surface area contributed by atoms with E-state index in [4.69, 9.17) is 21.1 Å². The van der Waals surface area contributed by atoms with Gasteiger partial charge in [-0.3, -0.25) is 9.89 Å². The van der Waals surface area contributed by atoms with E-state index in [1.165, 1.54) is 17.9 Å². The van der Waals surface area contributed by atoms with Crippen molar-refractivity contribution in [1.29, 1.82) is 0 Å². The van der Waals surface area contributed by atoms with Crippen molar-refractivity contribution in [3.63, 3.8) is 0 Å². The van der Waals surface area contributed by atoms with Crippen molar-refractivity contribution in [2.24, 2.45) is 4.99 Å². The molecule has 0 saturated carbocycles. The summed E-state index contributed by atoms with van der Waals surface area (Å²) in [6.45, 7) is 5.96. The van der Waals surface area contributed by atoms with Crippen LogP contribution in [0.15, 0.2) is 29.3 Å². The molecule has 2 aliphatic heterocycles. The number of nitrogens with one attached hydrogen (secondary N) is 1. The summed E-state index contributed by atoms with van der Waals surface area (Å²) in [6, 6.07) is 7.45. The number of halogens is 2. The van der Waals surface area contributed by atoms with E-state index in [0.29, 0.717) is 11.6 Å². The van der Waals surface area contributed by atoms with Gasteiger partial charge in [-0.15, -0.1) is 24.0 Å². The molecule has 0 aliphatic carbocycles. The lowest BCUT2D eigenvalue weighted by atomic mass is 9.95. The average molecular weight is 555 g/mol. The van der Waals surface area contributed by atoms with E-state index in [1.807, 2.05) is 50.1 Å². The van der Waals surface area contributed by atoms with Gasteiger partial charge in [0.05, 0.1) is 19.8 Å². The lowest BCUT2D eigenvalue weighted by Gasteiger charge is -2.43. The molecular weight excluding hydrogens is 523 g/mol. The molecule has 3 rings (SSSR count). The third-order valence-electron chi connectivity index (χ3n) is 5.42. The maximum Gasteiger partial charge on any atom is 0.193 e. The minimum atomic E-state index is 0. The summed E-state index contributed by atoms with van der Waals surface area (Å²) >= 11 is 7.96. The first-order valence-electron chi connectivity index (χ1n) is 9.84. The highest BCUT2D eigenvalue weighted by atomic mass is 127. The molecule has 9 heteroatoms. The van der Waals surface area contributed by atoms with Crippen molar-refractivity contribution >= 4 is 53.3 Å². The molecule has 1 aromatic carbocycles. The number of morpholine rings is 1. The quantitative estimate of drug-likeness (QED) is 0.318. The number of hydrogen-bond donors (Lipinski definition) is 1. The average Bonchev–Trinajstić information content (AvgIpc) is 3.21. The van der Waals surface area contributed by atoms with E-state index in [9.17, 15) is 0 Å². The van der Waals surface area contributed by atoms with Gasteiger partial charge < -0.3 is 19.7 Å². The summed E-state index contributed by atoms with van der Waals surface area (Å²) < 4.78 is 11.4. The molecule has 0 spiro atoms. The van der Waals surface area contributed by atoms with E-state index in [1.54, 1.807) is 0 Å². The fourth-order valence-electron chi connectivity index (χ4n) is 3.70. The molecular formula is C20H32ClIN4O2S. The van der Waals surface area contributed by atoms with Crippen molar-refractivity contribution in [3.05, 3.63) is 29.3 Å². The molecule has 2 fully saturated rings. The van der Waals surface area contributed by atoms with Gasteiger partial charge in [-0.1, -0.05) is 11.6 Å². The monoisotopic (exact) mass is 554 g/mol. The minimum absolute atomic E-state index is 0. The summed E-state index contributed by atoms with van der Waals surface area (Å²) in [4.78, 5) is 9.20. The van der Waals surface area contributed by atoms with Gasteiger partial charge in [-0.2, -0.15) is 11.8 Å². The van der Waals surface area contributed by atoms with Crippen molar-refractivity contribution in [2.45, 2.75) is 12.0 Å². The zero-order valence-corrected chi connectivity index (χ0v) is 21.1. The number of likely N-dealkylation sites (N-methyl/N-ethyl adjacent to an activating group) is 1. The summed E-state index contributed by atoms with van der Waals surface area (Å²) in [5.41, 5.74) is 0.199. The summed E-state index contributed by atoms with van der Waals surface area (Å²) in [6.07, 6.45) is 1.21. The Morgan fingerprint density at radius 1 is 1.34 bits per heavy atom. The molecule has 164 valence electrons. The maximum absolute atomic E-state index is 5.91. The first kappa shape index (κ1) is 24.8. The van der Waals surface area contributed by atoms with Crippen LogP contribution >= 0.6 is 47.3 Å². The fraction of sp³-hybridized carbons (Fsp3) is 0.650. The number of hydrogen-bond acceptors (Lipinski definition) is 5. The van der Waals surface area contributed by atoms with Crippen LogP contribution < -0.4 is 10.1 Å². The van der Waals surface area contributed by atoms with Crippen LogP contribution in [0.4, 0.5) is 0 Å². The molecule has 6 nitrogen and oxygen atoms in total. The molecule has 0 amide bonds. The third-order valence-corrected chi connectivity index (χ3v) is 6.91. The van der Waals surface area contributed by atoms with Crippen LogP contribution in [-0.2, 0) is 4.74 Å². The van der Waals surface area contributed by atoms with Crippen LogP contribution in [-0.4, -0.2) is 92.9 Å². The van der Waals surface area contributed by atoms with Gasteiger partial charge in [-0.25, -0.2) is 0 Å². The van der Waals surface area contributed by atoms with Crippen molar-refractivity contribution in [2.75, 3.05) is 71.6 Å². The first-order chi connectivity index (χ1) is 13.6. The number of rotatable bonds is 7. The number of ether oxygens (including phenoxy) is 2. The van der Waals surface area contributed by atoms with E-state index < -0.39 is 0 Å². The predicted molar refractivity (Wildman–Crippen MR) is 133 cm³/mol. The summed E-state index contributed by atoms with van der Waals surface area (Å²) in [7, 11) is 3.88. The third kappa shape index (κ3) is 7.05. The molecule has 1 unspecified atom stereocenters. The molecule has 0 radical (unpaired) electrons. The van der Waals surface area contributed by atoms with Crippen LogP contribution in [0.1, 0.15) is 6.42 Å². The van der Waals surface area contributed by atoms with Gasteiger partial charge in [0.1, 0.15) is 12.4 Å². The summed E-state index contributed by atoms with van der Waals surface area (Å²) in [5.74, 6) is 4.13. The number of nitrogens with zero attached hydrogens (tertiary/aromatic N) is 3. The van der Waals surface area contributed by atoms with Gasteiger partial charge in [0.2, 0.25) is 0 Å². The Hall–Kier alpha value is -0.420. The molecule has 29 heavy (non-hydrogen) atoms. The molecule has 2 saturated heterocycles. The number of benzene rings is 1. The predicted octanol–water partition coefficient (Wildman–Crippen LogP) is 3.05. The number of thioether (sulfide) groups is 1. The van der Waals surface area contributed by atoms with E-state index in [0.717, 1.165) is 51.1 Å². The molecule has 0 bridgehead atoms. The second-order valence-corrected chi connectivity index (χ2v) is 8.79. The van der Waals surface area contributed by atoms with Crippen molar-refractivity contribution < 1.29 is 9.47 Å². The minimum Gasteiger partial charge on any atom is -0.492 e. The topological polar surface area (TPSA) is 49.3 Å². The Morgan fingerprint density at radius 2 is 2.07 bits per heavy atom. The Kier molecular flexibility index (Phi) is 10.7. The molecule has 1 N–H and O–H groups in total. The van der Waals surface area contributed by atoms with Crippen LogP contribution in [0.25, 0.3) is 0 Å². The van der Waals surface area contributed by atoms with Crippen LogP contribution in [0, 0.1) is 0 Å². The van der Waals surface area contributed by atoms with Gasteiger partial charge in [0.25, 0.3) is 0 Å². The Morgan fingerprint density at radius 3 is 2.69 bits per heavy atom. The zero-order valence-electron chi connectivity index (χ0n) is 17.2. The largest absolute Gasteiger partial charge is 0.492 e. The van der Waals surface area contributed by atoms with E-state index in [-0.39, 0.29) is 29.5 Å². The number of guanidine groups is 1. The second kappa shape index (κ2) is 12.4. The Balaban J connectivity index is 0.00000300. The first-order valence-corrected chi connectivity index (χ1v) is 11.4. The summed E-state index contributed by atoms with van der Waals surface area (Å²) in [5, 5.41) is 4.33. The van der Waals surface area contributed by atoms with Crippen molar-refractivity contribution in [1.82, 2.24) is 15.1 Å². The molecule has 1 atom stereocenters. The lowest BCUT2D eigenvalue weighted by molar-refractivity contribution is -0.0121. The molecule has 0 aromatic heterocycles. The maximum atomic E-state index is 5.91. The van der Waals surface area contributed by atoms with E-state index in [2.05, 4.69) is 20.1 Å². The zero-order chi connectivity index (χ0) is 19.8. The van der Waals surface area contributed by atoms with E-state index >= 15 is 0 Å². The number of aliphatic imine (C=N–C) groups is 1. The molecule has 2 heterocycles. The standard InChI is InChI=1S/C20H31ClN4O2S.HI/c1-22-19(24(2)8-13-27-18-5-3-17(21)4-6-18)23-15-20(7-14-28-16-20)25-9-11-26-12-10-25;/h3-6H,7-16H2,1-2H3,(H,22,23);1H. The molecule has 2 aliphatic rings. The van der Waals surface area contributed by atoms with Gasteiger partial charge in [0.15, 0.2) is 5.96 Å². The van der Waals surface area contributed by atoms with Crippen molar-refractivity contribution in [3.8, 4) is 5.75 Å².